The van der Waals surface area contributed by atoms with E-state index in [0.29, 0.717) is 0 Å². The number of thiophene rings is 2. The van der Waals surface area contributed by atoms with Gasteiger partial charge in [-0.1, -0.05) is 23.7 Å². The molecular formula is C13H14ClNS2. The van der Waals surface area contributed by atoms with Gasteiger partial charge in [-0.25, -0.2) is 0 Å². The molecule has 2 aromatic rings. The third-order valence-electron chi connectivity index (χ3n) is 2.40. The van der Waals surface area contributed by atoms with Gasteiger partial charge in [0, 0.05) is 9.75 Å². The molecule has 1 atom stereocenters. The molecule has 0 fully saturated rings. The molecule has 0 aliphatic heterocycles. The van der Waals surface area contributed by atoms with Crippen molar-refractivity contribution < 1.29 is 0 Å². The molecule has 4 heteroatoms. The van der Waals surface area contributed by atoms with Crippen molar-refractivity contribution in [3.05, 3.63) is 56.4 Å². The first-order chi connectivity index (χ1) is 8.31. The van der Waals surface area contributed by atoms with Crippen LogP contribution in [0.15, 0.2) is 42.3 Å². The van der Waals surface area contributed by atoms with E-state index in [4.69, 9.17) is 11.6 Å². The van der Waals surface area contributed by atoms with Gasteiger partial charge in [0.25, 0.3) is 0 Å². The van der Waals surface area contributed by atoms with Gasteiger partial charge in [-0.15, -0.1) is 29.3 Å². The molecule has 17 heavy (non-hydrogen) atoms. The van der Waals surface area contributed by atoms with Crippen LogP contribution in [0.2, 0.25) is 4.34 Å². The summed E-state index contributed by atoms with van der Waals surface area (Å²) in [5.74, 6) is 0. The molecule has 0 aromatic carbocycles. The standard InChI is InChI=1S/C13H14ClNS2/c1-2-3-8-15-13(10-5-4-9-16-10)11-6-7-12(14)17-11/h2,4-7,9,13,15H,1,3,8H2. The molecule has 2 heterocycles. The van der Waals surface area contributed by atoms with E-state index in [0.717, 1.165) is 17.3 Å². The Morgan fingerprint density at radius 3 is 2.82 bits per heavy atom. The van der Waals surface area contributed by atoms with Gasteiger partial charge in [0.1, 0.15) is 0 Å². The highest BCUT2D eigenvalue weighted by atomic mass is 35.5. The van der Waals surface area contributed by atoms with E-state index < -0.39 is 0 Å². The molecule has 1 N–H and O–H groups in total. The summed E-state index contributed by atoms with van der Waals surface area (Å²) in [5, 5.41) is 5.65. The molecule has 2 rings (SSSR count). The summed E-state index contributed by atoms with van der Waals surface area (Å²) in [4.78, 5) is 2.59. The van der Waals surface area contributed by atoms with Gasteiger partial charge < -0.3 is 5.32 Å². The van der Waals surface area contributed by atoms with E-state index in [1.165, 1.54) is 9.75 Å². The largest absolute Gasteiger partial charge is 0.305 e. The second-order valence-electron chi connectivity index (χ2n) is 3.62. The quantitative estimate of drug-likeness (QED) is 0.598. The maximum atomic E-state index is 6.01. The van der Waals surface area contributed by atoms with E-state index in [1.54, 1.807) is 22.7 Å². The highest BCUT2D eigenvalue weighted by Crippen LogP contribution is 2.32. The van der Waals surface area contributed by atoms with Crippen molar-refractivity contribution in [2.45, 2.75) is 12.5 Å². The third-order valence-corrected chi connectivity index (χ3v) is 4.64. The first-order valence-electron chi connectivity index (χ1n) is 5.44. The predicted octanol–water partition coefficient (Wildman–Crippen LogP) is 4.72. The number of rotatable bonds is 6. The average molecular weight is 284 g/mol. The Morgan fingerprint density at radius 1 is 1.35 bits per heavy atom. The van der Waals surface area contributed by atoms with Gasteiger partial charge in [-0.2, -0.15) is 0 Å². The van der Waals surface area contributed by atoms with Gasteiger partial charge in [0.05, 0.1) is 10.4 Å². The Kier molecular flexibility index (Phi) is 4.80. The Bertz CT molecular complexity index is 461. The van der Waals surface area contributed by atoms with Gasteiger partial charge in [0.2, 0.25) is 0 Å². The molecule has 0 saturated carbocycles. The van der Waals surface area contributed by atoms with Crippen LogP contribution in [0.3, 0.4) is 0 Å². The molecule has 1 unspecified atom stereocenters. The fourth-order valence-electron chi connectivity index (χ4n) is 1.61. The lowest BCUT2D eigenvalue weighted by molar-refractivity contribution is 0.627. The molecular weight excluding hydrogens is 270 g/mol. The summed E-state index contributed by atoms with van der Waals surface area (Å²) in [5.41, 5.74) is 0. The molecule has 0 radical (unpaired) electrons. The lowest BCUT2D eigenvalue weighted by Gasteiger charge is -2.15. The third kappa shape index (κ3) is 3.42. The average Bonchev–Trinajstić information content (AvgIpc) is 2.96. The van der Waals surface area contributed by atoms with Crippen molar-refractivity contribution in [1.82, 2.24) is 5.32 Å². The summed E-state index contributed by atoms with van der Waals surface area (Å²) in [7, 11) is 0. The summed E-state index contributed by atoms with van der Waals surface area (Å²) in [6, 6.07) is 8.55. The molecule has 90 valence electrons. The van der Waals surface area contributed by atoms with Gasteiger partial charge in [0.15, 0.2) is 0 Å². The predicted molar refractivity (Wildman–Crippen MR) is 78.3 cm³/mol. The van der Waals surface area contributed by atoms with Gasteiger partial charge in [-0.05, 0) is 36.5 Å². The minimum atomic E-state index is 0.257. The van der Waals surface area contributed by atoms with Crippen LogP contribution < -0.4 is 5.32 Å². The van der Waals surface area contributed by atoms with Crippen molar-refractivity contribution in [1.29, 1.82) is 0 Å². The molecule has 2 aromatic heterocycles. The van der Waals surface area contributed by atoms with E-state index in [1.807, 2.05) is 12.1 Å². The fraction of sp³-hybridized carbons (Fsp3) is 0.231. The summed E-state index contributed by atoms with van der Waals surface area (Å²) in [6.07, 6.45) is 2.90. The van der Waals surface area contributed by atoms with E-state index in [9.17, 15) is 0 Å². The Morgan fingerprint density at radius 2 is 2.24 bits per heavy atom. The zero-order valence-electron chi connectivity index (χ0n) is 9.36. The molecule has 0 saturated heterocycles. The summed E-state index contributed by atoms with van der Waals surface area (Å²) in [6.45, 7) is 4.67. The van der Waals surface area contributed by atoms with Crippen LogP contribution in [0.4, 0.5) is 0 Å². The SMILES string of the molecule is C=CCCNC(c1cccs1)c1ccc(Cl)s1. The minimum Gasteiger partial charge on any atom is -0.305 e. The fourth-order valence-corrected chi connectivity index (χ4v) is 3.66. The number of halogens is 1. The van der Waals surface area contributed by atoms with Crippen LogP contribution in [0.1, 0.15) is 22.2 Å². The van der Waals surface area contributed by atoms with Crippen LogP contribution in [0, 0.1) is 0 Å². The van der Waals surface area contributed by atoms with Crippen molar-refractivity contribution in [3.63, 3.8) is 0 Å². The zero-order valence-corrected chi connectivity index (χ0v) is 11.7. The number of hydrogen-bond acceptors (Lipinski definition) is 3. The number of nitrogens with one attached hydrogen (secondary N) is 1. The smallest absolute Gasteiger partial charge is 0.0931 e. The Balaban J connectivity index is 2.15. The second kappa shape index (κ2) is 6.36. The van der Waals surface area contributed by atoms with Crippen LogP contribution in [0.5, 0.6) is 0 Å². The van der Waals surface area contributed by atoms with E-state index in [-0.39, 0.29) is 6.04 Å². The zero-order chi connectivity index (χ0) is 12.1. The van der Waals surface area contributed by atoms with E-state index in [2.05, 4.69) is 35.5 Å². The Labute approximate surface area is 115 Å². The van der Waals surface area contributed by atoms with Crippen LogP contribution in [-0.4, -0.2) is 6.54 Å². The van der Waals surface area contributed by atoms with Crippen LogP contribution in [-0.2, 0) is 0 Å². The van der Waals surface area contributed by atoms with E-state index >= 15 is 0 Å². The first kappa shape index (κ1) is 12.8. The highest BCUT2D eigenvalue weighted by molar-refractivity contribution is 7.16. The second-order valence-corrected chi connectivity index (χ2v) is 6.35. The maximum Gasteiger partial charge on any atom is 0.0931 e. The van der Waals surface area contributed by atoms with Crippen molar-refractivity contribution in [3.8, 4) is 0 Å². The highest BCUT2D eigenvalue weighted by Gasteiger charge is 2.16. The van der Waals surface area contributed by atoms with Crippen LogP contribution in [0.25, 0.3) is 0 Å². The minimum absolute atomic E-state index is 0.257. The lowest BCUT2D eigenvalue weighted by Crippen LogP contribution is -2.21. The van der Waals surface area contributed by atoms with Crippen LogP contribution >= 0.6 is 34.3 Å². The van der Waals surface area contributed by atoms with Crippen molar-refractivity contribution >= 4 is 34.3 Å². The monoisotopic (exact) mass is 283 g/mol. The summed E-state index contributed by atoms with van der Waals surface area (Å²) >= 11 is 9.41. The molecule has 0 aliphatic rings. The topological polar surface area (TPSA) is 12.0 Å². The Hall–Kier alpha value is -0.610. The van der Waals surface area contributed by atoms with Crippen molar-refractivity contribution in [2.24, 2.45) is 0 Å². The molecule has 0 amide bonds. The molecule has 0 aliphatic carbocycles. The van der Waals surface area contributed by atoms with Gasteiger partial charge >= 0.3 is 0 Å². The number of hydrogen-bond donors (Lipinski definition) is 1. The summed E-state index contributed by atoms with van der Waals surface area (Å²) < 4.78 is 0.840. The lowest BCUT2D eigenvalue weighted by atomic mass is 10.2. The van der Waals surface area contributed by atoms with Gasteiger partial charge in [-0.3, -0.25) is 0 Å². The first-order valence-corrected chi connectivity index (χ1v) is 7.51. The molecule has 0 spiro atoms. The molecule has 1 nitrogen and oxygen atoms in total. The molecule has 0 bridgehead atoms. The normalized spacial score (nSPS) is 12.5. The van der Waals surface area contributed by atoms with Crippen molar-refractivity contribution in [2.75, 3.05) is 6.54 Å². The maximum absolute atomic E-state index is 6.01.